The van der Waals surface area contributed by atoms with Crippen molar-refractivity contribution >= 4 is 23.8 Å². The Hall–Kier alpha value is -2.07. The number of rotatable bonds is 5. The van der Waals surface area contributed by atoms with Crippen molar-refractivity contribution in [2.75, 3.05) is 0 Å². The third kappa shape index (κ3) is 5.08. The fourth-order valence-corrected chi connectivity index (χ4v) is 2.65. The number of thioether (sulfide) groups is 1. The van der Waals surface area contributed by atoms with Gasteiger partial charge in [0, 0.05) is 16.7 Å². The molecule has 0 heterocycles. The van der Waals surface area contributed by atoms with Crippen LogP contribution in [0.25, 0.3) is 6.08 Å². The molecule has 2 nitrogen and oxygen atoms in total. The summed E-state index contributed by atoms with van der Waals surface area (Å²) in [4.78, 5) is 11.6. The molecule has 2 aromatic carbocycles. The van der Waals surface area contributed by atoms with E-state index in [9.17, 15) is 9.18 Å². The fourth-order valence-electron chi connectivity index (χ4n) is 1.82. The molecule has 1 N–H and O–H groups in total. The van der Waals surface area contributed by atoms with Gasteiger partial charge in [-0.25, -0.2) is 9.18 Å². The van der Waals surface area contributed by atoms with E-state index in [2.05, 4.69) is 0 Å². The molecule has 2 rings (SSSR count). The first kappa shape index (κ1) is 15.3. The largest absolute Gasteiger partial charge is 0.478 e. The molecular weight excluding hydrogens is 287 g/mol. The predicted octanol–water partition coefficient (Wildman–Crippen LogP) is 4.52. The minimum atomic E-state index is -1.05. The van der Waals surface area contributed by atoms with Crippen LogP contribution in [-0.2, 0) is 10.5 Å². The first-order chi connectivity index (χ1) is 10.0. The average Bonchev–Trinajstić information content (AvgIpc) is 2.44. The molecule has 0 saturated heterocycles. The maximum atomic E-state index is 13.5. The third-order valence-corrected chi connectivity index (χ3v) is 3.91. The molecule has 4 heteroatoms. The molecule has 0 unspecified atom stereocenters. The Morgan fingerprint density at radius 2 is 1.95 bits per heavy atom. The van der Waals surface area contributed by atoms with Gasteiger partial charge in [-0.1, -0.05) is 23.8 Å². The van der Waals surface area contributed by atoms with Crippen molar-refractivity contribution in [1.29, 1.82) is 0 Å². The van der Waals surface area contributed by atoms with E-state index in [0.29, 0.717) is 11.3 Å². The van der Waals surface area contributed by atoms with Crippen LogP contribution >= 0.6 is 11.8 Å². The highest BCUT2D eigenvalue weighted by Crippen LogP contribution is 2.24. The van der Waals surface area contributed by atoms with Crippen LogP contribution in [0.15, 0.2) is 53.4 Å². The van der Waals surface area contributed by atoms with Crippen molar-refractivity contribution in [3.63, 3.8) is 0 Å². The van der Waals surface area contributed by atoms with Crippen LogP contribution < -0.4 is 0 Å². The van der Waals surface area contributed by atoms with E-state index in [1.165, 1.54) is 23.8 Å². The molecule has 0 aliphatic carbocycles. The van der Waals surface area contributed by atoms with E-state index in [-0.39, 0.29) is 5.82 Å². The van der Waals surface area contributed by atoms with Crippen LogP contribution in [-0.4, -0.2) is 11.1 Å². The first-order valence-electron chi connectivity index (χ1n) is 6.43. The maximum Gasteiger partial charge on any atom is 0.328 e. The number of carbonyl (C=O) groups is 1. The van der Waals surface area contributed by atoms with E-state index >= 15 is 0 Å². The second-order valence-corrected chi connectivity index (χ2v) is 5.71. The second kappa shape index (κ2) is 7.09. The van der Waals surface area contributed by atoms with Gasteiger partial charge >= 0.3 is 5.97 Å². The molecule has 0 atom stereocenters. The van der Waals surface area contributed by atoms with Crippen molar-refractivity contribution in [1.82, 2.24) is 0 Å². The van der Waals surface area contributed by atoms with Crippen LogP contribution in [0.5, 0.6) is 0 Å². The van der Waals surface area contributed by atoms with E-state index in [1.807, 2.05) is 31.2 Å². The highest BCUT2D eigenvalue weighted by Gasteiger charge is 2.01. The van der Waals surface area contributed by atoms with Gasteiger partial charge in [-0.05, 0) is 48.4 Å². The summed E-state index contributed by atoms with van der Waals surface area (Å²) in [5, 5.41) is 8.60. The number of aliphatic carboxylic acids is 1. The van der Waals surface area contributed by atoms with E-state index < -0.39 is 5.97 Å². The lowest BCUT2D eigenvalue weighted by atomic mass is 10.1. The lowest BCUT2D eigenvalue weighted by molar-refractivity contribution is -0.131. The Bertz CT molecular complexity index is 663. The molecule has 0 saturated carbocycles. The summed E-state index contributed by atoms with van der Waals surface area (Å²) in [5.74, 6) is -0.772. The van der Waals surface area contributed by atoms with Gasteiger partial charge in [-0.3, -0.25) is 0 Å². The number of hydrogen-bond acceptors (Lipinski definition) is 2. The highest BCUT2D eigenvalue weighted by atomic mass is 32.2. The van der Waals surface area contributed by atoms with Gasteiger partial charge in [0.1, 0.15) is 5.82 Å². The smallest absolute Gasteiger partial charge is 0.328 e. The molecule has 0 spiro atoms. The quantitative estimate of drug-likeness (QED) is 0.651. The van der Waals surface area contributed by atoms with Crippen LogP contribution in [0.2, 0.25) is 0 Å². The minimum Gasteiger partial charge on any atom is -0.478 e. The Morgan fingerprint density at radius 1 is 1.24 bits per heavy atom. The zero-order chi connectivity index (χ0) is 15.2. The predicted molar refractivity (Wildman–Crippen MR) is 83.8 cm³/mol. The maximum absolute atomic E-state index is 13.5. The lowest BCUT2D eigenvalue weighted by Crippen LogP contribution is -1.89. The van der Waals surface area contributed by atoms with Gasteiger partial charge in [0.15, 0.2) is 0 Å². The summed E-state index contributed by atoms with van der Waals surface area (Å²) in [5.41, 5.74) is 2.58. The van der Waals surface area contributed by atoms with E-state index in [1.54, 1.807) is 17.8 Å². The fraction of sp³-hybridized carbons (Fsp3) is 0.118. The van der Waals surface area contributed by atoms with Crippen LogP contribution in [0.1, 0.15) is 16.7 Å². The number of halogens is 1. The molecule has 0 aliphatic rings. The monoisotopic (exact) mass is 302 g/mol. The normalized spacial score (nSPS) is 11.0. The molecule has 0 amide bonds. The summed E-state index contributed by atoms with van der Waals surface area (Å²) in [6.07, 6.45) is 2.40. The van der Waals surface area contributed by atoms with Gasteiger partial charge in [0.05, 0.1) is 0 Å². The molecule has 2 aromatic rings. The van der Waals surface area contributed by atoms with E-state index in [4.69, 9.17) is 5.11 Å². The Labute approximate surface area is 127 Å². The van der Waals surface area contributed by atoms with Crippen LogP contribution in [0.4, 0.5) is 4.39 Å². The van der Waals surface area contributed by atoms with Gasteiger partial charge in [0.2, 0.25) is 0 Å². The van der Waals surface area contributed by atoms with Gasteiger partial charge in [-0.15, -0.1) is 11.8 Å². The molecule has 0 aliphatic heterocycles. The lowest BCUT2D eigenvalue weighted by Gasteiger charge is -2.04. The van der Waals surface area contributed by atoms with Crippen molar-refractivity contribution in [3.8, 4) is 0 Å². The molecule has 0 aromatic heterocycles. The summed E-state index contributed by atoms with van der Waals surface area (Å²) in [6, 6.07) is 12.7. The second-order valence-electron chi connectivity index (χ2n) is 4.67. The van der Waals surface area contributed by atoms with Gasteiger partial charge < -0.3 is 5.11 Å². The summed E-state index contributed by atoms with van der Waals surface area (Å²) >= 11 is 1.62. The zero-order valence-corrected chi connectivity index (χ0v) is 12.4. The van der Waals surface area contributed by atoms with Gasteiger partial charge in [0.25, 0.3) is 0 Å². The number of hydrogen-bond donors (Lipinski definition) is 1. The van der Waals surface area contributed by atoms with Crippen molar-refractivity contribution in [2.24, 2.45) is 0 Å². The summed E-state index contributed by atoms with van der Waals surface area (Å²) in [6.45, 7) is 2.03. The standard InChI is InChI=1S/C17H15FO2S/c1-12-2-5-16(6-3-12)21-11-14-8-13(4-7-17(19)20)9-15(18)10-14/h2-10H,11H2,1H3,(H,19,20). The highest BCUT2D eigenvalue weighted by molar-refractivity contribution is 7.98. The number of carboxylic acid groups (broad SMARTS) is 1. The van der Waals surface area contributed by atoms with E-state index in [0.717, 1.165) is 16.5 Å². The van der Waals surface area contributed by atoms with Crippen molar-refractivity contribution in [3.05, 3.63) is 71.0 Å². The van der Waals surface area contributed by atoms with Gasteiger partial charge in [-0.2, -0.15) is 0 Å². The first-order valence-corrected chi connectivity index (χ1v) is 7.41. The zero-order valence-electron chi connectivity index (χ0n) is 11.5. The molecule has 0 radical (unpaired) electrons. The molecular formula is C17H15FO2S. The van der Waals surface area contributed by atoms with Crippen molar-refractivity contribution in [2.45, 2.75) is 17.6 Å². The number of aryl methyl sites for hydroxylation is 1. The Kier molecular flexibility index (Phi) is 5.17. The molecule has 108 valence electrons. The number of carboxylic acids is 1. The Morgan fingerprint density at radius 3 is 2.62 bits per heavy atom. The third-order valence-electron chi connectivity index (χ3n) is 2.82. The van der Waals surface area contributed by atoms with Crippen molar-refractivity contribution < 1.29 is 14.3 Å². The van der Waals surface area contributed by atoms with Crippen LogP contribution in [0.3, 0.4) is 0 Å². The summed E-state index contributed by atoms with van der Waals surface area (Å²) in [7, 11) is 0. The molecule has 21 heavy (non-hydrogen) atoms. The Balaban J connectivity index is 2.09. The minimum absolute atomic E-state index is 0.359. The summed E-state index contributed by atoms with van der Waals surface area (Å²) < 4.78 is 13.5. The number of benzene rings is 2. The average molecular weight is 302 g/mol. The topological polar surface area (TPSA) is 37.3 Å². The molecule has 0 bridgehead atoms. The SMILES string of the molecule is Cc1ccc(SCc2cc(F)cc(C=CC(=O)O)c2)cc1. The molecule has 0 fully saturated rings. The van der Waals surface area contributed by atoms with Crippen LogP contribution in [0, 0.1) is 12.7 Å².